The molecule has 204 valence electrons. The fourth-order valence-electron chi connectivity index (χ4n) is 3.92. The van der Waals surface area contributed by atoms with Gasteiger partial charge in [0.2, 0.25) is 0 Å². The molecule has 2 heterocycles. The first-order valence-electron chi connectivity index (χ1n) is 11.5. The SMILES string of the molecule is COc1c[nH]c(=O)c(C(CC2COCCO2)C(=O)OC(C)(C)C)c1-c1cc(Cl)ccc1OCC(F)(F)F. The predicted octanol–water partition coefficient (Wildman–Crippen LogP) is 4.88. The smallest absolute Gasteiger partial charge is 0.422 e. The highest BCUT2D eigenvalue weighted by atomic mass is 35.5. The van der Waals surface area contributed by atoms with Gasteiger partial charge in [0.15, 0.2) is 6.61 Å². The molecule has 0 amide bonds. The summed E-state index contributed by atoms with van der Waals surface area (Å²) in [7, 11) is 1.32. The van der Waals surface area contributed by atoms with Crippen molar-refractivity contribution >= 4 is 17.6 Å². The number of methoxy groups -OCH3 is 1. The molecular weight excluding hydrogens is 519 g/mol. The minimum absolute atomic E-state index is 0.0114. The summed E-state index contributed by atoms with van der Waals surface area (Å²) in [5.41, 5.74) is -1.53. The minimum Gasteiger partial charge on any atom is -0.495 e. The van der Waals surface area contributed by atoms with Crippen LogP contribution in [-0.4, -0.2) is 62.4 Å². The van der Waals surface area contributed by atoms with Crippen LogP contribution in [0.15, 0.2) is 29.2 Å². The lowest BCUT2D eigenvalue weighted by molar-refractivity contribution is -0.159. The molecule has 37 heavy (non-hydrogen) atoms. The van der Waals surface area contributed by atoms with Crippen LogP contribution in [0.3, 0.4) is 0 Å². The topological polar surface area (TPSA) is 96.1 Å². The van der Waals surface area contributed by atoms with Crippen molar-refractivity contribution in [3.8, 4) is 22.6 Å². The van der Waals surface area contributed by atoms with E-state index < -0.39 is 41.9 Å². The monoisotopic (exact) mass is 547 g/mol. The molecule has 3 rings (SSSR count). The molecule has 12 heteroatoms. The number of carbonyl (C=O) groups excluding carboxylic acids is 1. The third kappa shape index (κ3) is 7.86. The molecule has 2 unspecified atom stereocenters. The highest BCUT2D eigenvalue weighted by molar-refractivity contribution is 6.31. The molecule has 0 spiro atoms. The zero-order valence-corrected chi connectivity index (χ0v) is 21.6. The zero-order chi connectivity index (χ0) is 27.4. The van der Waals surface area contributed by atoms with Crippen LogP contribution in [0.25, 0.3) is 11.1 Å². The number of aromatic nitrogens is 1. The molecule has 8 nitrogen and oxygen atoms in total. The van der Waals surface area contributed by atoms with Crippen LogP contribution in [0.4, 0.5) is 13.2 Å². The summed E-state index contributed by atoms with van der Waals surface area (Å²) in [5, 5.41) is 0.167. The Balaban J connectivity index is 2.23. The second-order valence-electron chi connectivity index (χ2n) is 9.41. The number of hydrogen-bond donors (Lipinski definition) is 1. The van der Waals surface area contributed by atoms with Crippen molar-refractivity contribution in [1.82, 2.24) is 4.98 Å². The van der Waals surface area contributed by atoms with Crippen LogP contribution in [0.1, 0.15) is 38.7 Å². The van der Waals surface area contributed by atoms with Crippen LogP contribution in [-0.2, 0) is 19.0 Å². The maximum Gasteiger partial charge on any atom is 0.422 e. The second-order valence-corrected chi connectivity index (χ2v) is 9.85. The van der Waals surface area contributed by atoms with Gasteiger partial charge in [0, 0.05) is 27.9 Å². The van der Waals surface area contributed by atoms with Gasteiger partial charge in [-0.2, -0.15) is 13.2 Å². The molecule has 1 fully saturated rings. The number of ether oxygens (including phenoxy) is 5. The van der Waals surface area contributed by atoms with Crippen LogP contribution in [0.2, 0.25) is 5.02 Å². The Labute approximate surface area is 217 Å². The summed E-state index contributed by atoms with van der Waals surface area (Å²) in [4.78, 5) is 29.3. The van der Waals surface area contributed by atoms with E-state index in [0.29, 0.717) is 13.2 Å². The second kappa shape index (κ2) is 11.7. The third-order valence-corrected chi connectivity index (χ3v) is 5.58. The minimum atomic E-state index is -4.62. The molecule has 0 aliphatic carbocycles. The molecule has 1 aliphatic heterocycles. The molecule has 1 aromatic carbocycles. The van der Waals surface area contributed by atoms with Crippen molar-refractivity contribution in [3.63, 3.8) is 0 Å². The molecule has 1 aromatic heterocycles. The van der Waals surface area contributed by atoms with E-state index in [4.69, 9.17) is 35.3 Å². The van der Waals surface area contributed by atoms with E-state index in [1.165, 1.54) is 31.5 Å². The Morgan fingerprint density at radius 3 is 2.54 bits per heavy atom. The van der Waals surface area contributed by atoms with Crippen molar-refractivity contribution in [1.29, 1.82) is 0 Å². The number of hydrogen-bond acceptors (Lipinski definition) is 7. The average molecular weight is 548 g/mol. The van der Waals surface area contributed by atoms with Gasteiger partial charge in [-0.3, -0.25) is 9.59 Å². The standard InChI is InChI=1S/C25H29ClF3NO7/c1-24(2,3)37-23(32)17(10-15-12-34-7-8-35-15)21-20(19(33-4)11-30-22(21)31)16-9-14(26)5-6-18(16)36-13-25(27,28)29/h5-6,9,11,15,17H,7-8,10,12-13H2,1-4H3,(H,30,31). The van der Waals surface area contributed by atoms with Crippen LogP contribution >= 0.6 is 11.6 Å². The van der Waals surface area contributed by atoms with Crippen molar-refractivity contribution in [2.75, 3.05) is 33.5 Å². The number of aromatic amines is 1. The number of alkyl halides is 3. The normalized spacial score (nSPS) is 17.2. The van der Waals surface area contributed by atoms with Gasteiger partial charge in [-0.15, -0.1) is 0 Å². The zero-order valence-electron chi connectivity index (χ0n) is 20.9. The largest absolute Gasteiger partial charge is 0.495 e. The van der Waals surface area contributed by atoms with Crippen molar-refractivity contribution in [3.05, 3.63) is 45.3 Å². The summed E-state index contributed by atoms with van der Waals surface area (Å²) in [5.74, 6) is -2.02. The Bertz CT molecular complexity index is 1150. The first-order chi connectivity index (χ1) is 17.3. The van der Waals surface area contributed by atoms with Gasteiger partial charge in [-0.25, -0.2) is 0 Å². The molecule has 1 N–H and O–H groups in total. The number of esters is 1. The van der Waals surface area contributed by atoms with Gasteiger partial charge in [0.25, 0.3) is 5.56 Å². The third-order valence-electron chi connectivity index (χ3n) is 5.34. The van der Waals surface area contributed by atoms with Crippen molar-refractivity contribution in [2.45, 2.75) is 51.0 Å². The molecule has 2 aromatic rings. The van der Waals surface area contributed by atoms with Gasteiger partial charge in [-0.05, 0) is 45.4 Å². The molecule has 1 aliphatic rings. The summed E-state index contributed by atoms with van der Waals surface area (Å²) in [6, 6.07) is 3.96. The van der Waals surface area contributed by atoms with E-state index in [9.17, 15) is 22.8 Å². The van der Waals surface area contributed by atoms with Gasteiger partial charge in [0.1, 0.15) is 17.1 Å². The summed E-state index contributed by atoms with van der Waals surface area (Å²) in [6.45, 7) is 4.34. The van der Waals surface area contributed by atoms with Crippen molar-refractivity contribution in [2.24, 2.45) is 0 Å². The fourth-order valence-corrected chi connectivity index (χ4v) is 4.09. The first kappa shape index (κ1) is 28.8. The highest BCUT2D eigenvalue weighted by Gasteiger charge is 2.36. The Hall–Kier alpha value is -2.76. The lowest BCUT2D eigenvalue weighted by atomic mass is 9.87. The average Bonchev–Trinajstić information content (AvgIpc) is 2.80. The van der Waals surface area contributed by atoms with Gasteiger partial charge in [-0.1, -0.05) is 11.6 Å². The van der Waals surface area contributed by atoms with E-state index in [1.54, 1.807) is 20.8 Å². The van der Waals surface area contributed by atoms with E-state index in [0.717, 1.165) is 0 Å². The van der Waals surface area contributed by atoms with Crippen LogP contribution < -0.4 is 15.0 Å². The molecular formula is C25H29ClF3NO7. The van der Waals surface area contributed by atoms with E-state index in [-0.39, 0.29) is 46.2 Å². The lowest BCUT2D eigenvalue weighted by Gasteiger charge is -2.29. The quantitative estimate of drug-likeness (QED) is 0.471. The van der Waals surface area contributed by atoms with Gasteiger partial charge < -0.3 is 28.7 Å². The number of carbonyl (C=O) groups is 1. The number of nitrogens with one attached hydrogen (secondary N) is 1. The van der Waals surface area contributed by atoms with Gasteiger partial charge in [0.05, 0.1) is 39.0 Å². The Kier molecular flexibility index (Phi) is 9.14. The Morgan fingerprint density at radius 1 is 1.22 bits per heavy atom. The molecule has 0 radical (unpaired) electrons. The predicted molar refractivity (Wildman–Crippen MR) is 129 cm³/mol. The molecule has 1 saturated heterocycles. The summed E-state index contributed by atoms with van der Waals surface area (Å²) in [6.07, 6.45) is -3.89. The number of rotatable bonds is 8. The Morgan fingerprint density at radius 2 is 1.95 bits per heavy atom. The van der Waals surface area contributed by atoms with E-state index in [2.05, 4.69) is 4.98 Å². The van der Waals surface area contributed by atoms with Gasteiger partial charge >= 0.3 is 12.1 Å². The number of H-pyrrole nitrogens is 1. The summed E-state index contributed by atoms with van der Waals surface area (Å²) < 4.78 is 66.3. The molecule has 2 atom stereocenters. The highest BCUT2D eigenvalue weighted by Crippen LogP contribution is 2.43. The first-order valence-corrected chi connectivity index (χ1v) is 11.9. The molecule has 0 saturated carbocycles. The lowest BCUT2D eigenvalue weighted by Crippen LogP contribution is -2.36. The molecule has 0 bridgehead atoms. The fraction of sp³-hybridized carbons (Fsp3) is 0.520. The number of pyridine rings is 1. The summed E-state index contributed by atoms with van der Waals surface area (Å²) >= 11 is 6.20. The van der Waals surface area contributed by atoms with Crippen LogP contribution in [0, 0.1) is 0 Å². The van der Waals surface area contributed by atoms with Crippen molar-refractivity contribution < 1.29 is 41.7 Å². The van der Waals surface area contributed by atoms with E-state index >= 15 is 0 Å². The maximum absolute atomic E-state index is 13.5. The maximum atomic E-state index is 13.5. The number of halogens is 4. The van der Waals surface area contributed by atoms with Crippen LogP contribution in [0.5, 0.6) is 11.5 Å². The number of benzene rings is 1. The van der Waals surface area contributed by atoms with E-state index in [1.807, 2.05) is 0 Å².